The second-order valence-electron chi connectivity index (χ2n) is 4.96. The van der Waals surface area contributed by atoms with Gasteiger partial charge in [-0.25, -0.2) is 4.79 Å². The van der Waals surface area contributed by atoms with Gasteiger partial charge in [0.15, 0.2) is 0 Å². The number of halogens is 1. The quantitative estimate of drug-likeness (QED) is 0.651. The van der Waals surface area contributed by atoms with Crippen LogP contribution in [0.2, 0.25) is 0 Å². The van der Waals surface area contributed by atoms with Gasteiger partial charge in [0.2, 0.25) is 0 Å². The van der Waals surface area contributed by atoms with Gasteiger partial charge < -0.3 is 15.4 Å². The Bertz CT molecular complexity index is 550. The van der Waals surface area contributed by atoms with E-state index < -0.39 is 0 Å². The fourth-order valence-electron chi connectivity index (χ4n) is 2.70. The predicted octanol–water partition coefficient (Wildman–Crippen LogP) is 3.01. The monoisotopic (exact) mass is 370 g/mol. The number of carbonyl (C=O) groups excluding carboxylic acids is 1. The van der Waals surface area contributed by atoms with Crippen molar-refractivity contribution in [1.29, 1.82) is 0 Å². The van der Waals surface area contributed by atoms with Crippen LogP contribution >= 0.6 is 28.1 Å². The maximum absolute atomic E-state index is 12.2. The van der Waals surface area contributed by atoms with Gasteiger partial charge >= 0.3 is 5.97 Å². The standard InChI is InChI=1S/C15H19BrN2O2S/c1-2-20-15(19)12-7-3-4-9-18(12)11-8-5-6-10(16)13(11)14(17)21/h5-6,8,12H,2-4,7,9H2,1H3,(H2,17,21). The largest absolute Gasteiger partial charge is 0.464 e. The molecule has 114 valence electrons. The molecule has 0 amide bonds. The molecule has 21 heavy (non-hydrogen) atoms. The number of nitrogens with two attached hydrogens (primary N) is 1. The van der Waals surface area contributed by atoms with Crippen LogP contribution in [0.4, 0.5) is 5.69 Å². The lowest BCUT2D eigenvalue weighted by atomic mass is 9.99. The van der Waals surface area contributed by atoms with Gasteiger partial charge in [-0.1, -0.05) is 18.3 Å². The van der Waals surface area contributed by atoms with Crippen molar-refractivity contribution in [2.75, 3.05) is 18.1 Å². The normalized spacial score (nSPS) is 18.4. The molecule has 0 aliphatic carbocycles. The number of carbonyl (C=O) groups is 1. The van der Waals surface area contributed by atoms with E-state index in [1.807, 2.05) is 25.1 Å². The van der Waals surface area contributed by atoms with E-state index in [2.05, 4.69) is 20.8 Å². The summed E-state index contributed by atoms with van der Waals surface area (Å²) in [6, 6.07) is 5.52. The summed E-state index contributed by atoms with van der Waals surface area (Å²) >= 11 is 8.66. The lowest BCUT2D eigenvalue weighted by molar-refractivity contribution is -0.145. The lowest BCUT2D eigenvalue weighted by Crippen LogP contribution is -2.46. The Morgan fingerprint density at radius 3 is 2.95 bits per heavy atom. The van der Waals surface area contributed by atoms with Crippen LogP contribution in [-0.2, 0) is 9.53 Å². The summed E-state index contributed by atoms with van der Waals surface area (Å²) in [7, 11) is 0. The van der Waals surface area contributed by atoms with Crippen molar-refractivity contribution >= 4 is 44.8 Å². The highest BCUT2D eigenvalue weighted by Crippen LogP contribution is 2.32. The predicted molar refractivity (Wildman–Crippen MR) is 91.6 cm³/mol. The van der Waals surface area contributed by atoms with E-state index in [0.29, 0.717) is 11.6 Å². The molecule has 1 aromatic rings. The average molecular weight is 371 g/mol. The third-order valence-corrected chi connectivity index (χ3v) is 4.47. The molecule has 2 N–H and O–H groups in total. The van der Waals surface area contributed by atoms with Crippen LogP contribution < -0.4 is 10.6 Å². The molecule has 2 rings (SSSR count). The van der Waals surface area contributed by atoms with Gasteiger partial charge in [0, 0.05) is 22.3 Å². The zero-order valence-corrected chi connectivity index (χ0v) is 14.4. The number of rotatable bonds is 4. The number of ether oxygens (including phenoxy) is 1. The topological polar surface area (TPSA) is 55.6 Å². The number of thiocarbonyl (C=S) groups is 1. The van der Waals surface area contributed by atoms with Crippen LogP contribution in [0.15, 0.2) is 22.7 Å². The molecular weight excluding hydrogens is 352 g/mol. The summed E-state index contributed by atoms with van der Waals surface area (Å²) < 4.78 is 6.06. The number of hydrogen-bond donors (Lipinski definition) is 1. The number of piperidine rings is 1. The van der Waals surface area contributed by atoms with Crippen LogP contribution in [0.3, 0.4) is 0 Å². The number of esters is 1. The maximum atomic E-state index is 12.2. The maximum Gasteiger partial charge on any atom is 0.328 e. The minimum atomic E-state index is -0.263. The van der Waals surface area contributed by atoms with Gasteiger partial charge in [0.1, 0.15) is 11.0 Å². The molecule has 1 aromatic carbocycles. The second-order valence-corrected chi connectivity index (χ2v) is 6.25. The van der Waals surface area contributed by atoms with E-state index >= 15 is 0 Å². The van der Waals surface area contributed by atoms with E-state index in [0.717, 1.165) is 41.5 Å². The molecular formula is C15H19BrN2O2S. The van der Waals surface area contributed by atoms with Crippen LogP contribution in [0.25, 0.3) is 0 Å². The average Bonchev–Trinajstić information content (AvgIpc) is 2.47. The van der Waals surface area contributed by atoms with E-state index in [4.69, 9.17) is 22.7 Å². The van der Waals surface area contributed by atoms with Crippen LogP contribution in [-0.4, -0.2) is 30.2 Å². The second kappa shape index (κ2) is 7.22. The molecule has 0 bridgehead atoms. The summed E-state index contributed by atoms with van der Waals surface area (Å²) in [5.41, 5.74) is 7.54. The van der Waals surface area contributed by atoms with E-state index in [9.17, 15) is 4.79 Å². The van der Waals surface area contributed by atoms with Gasteiger partial charge in [0.05, 0.1) is 6.61 Å². The van der Waals surface area contributed by atoms with Crippen molar-refractivity contribution in [2.45, 2.75) is 32.2 Å². The van der Waals surface area contributed by atoms with Gasteiger partial charge in [-0.3, -0.25) is 0 Å². The van der Waals surface area contributed by atoms with Crippen molar-refractivity contribution in [3.63, 3.8) is 0 Å². The van der Waals surface area contributed by atoms with Crippen molar-refractivity contribution in [1.82, 2.24) is 0 Å². The molecule has 0 spiro atoms. The first-order chi connectivity index (χ1) is 10.1. The van der Waals surface area contributed by atoms with Crippen molar-refractivity contribution in [2.24, 2.45) is 5.73 Å². The summed E-state index contributed by atoms with van der Waals surface area (Å²) in [5.74, 6) is -0.175. The number of anilines is 1. The zero-order valence-electron chi connectivity index (χ0n) is 12.0. The lowest BCUT2D eigenvalue weighted by Gasteiger charge is -2.37. The first-order valence-corrected chi connectivity index (χ1v) is 8.28. The van der Waals surface area contributed by atoms with Crippen molar-refractivity contribution in [3.05, 3.63) is 28.2 Å². The van der Waals surface area contributed by atoms with Gasteiger partial charge in [-0.05, 0) is 54.2 Å². The molecule has 1 fully saturated rings. The SMILES string of the molecule is CCOC(=O)C1CCCCN1c1cccc(Br)c1C(N)=S. The Morgan fingerprint density at radius 2 is 2.29 bits per heavy atom. The van der Waals surface area contributed by atoms with Crippen LogP contribution in [0.5, 0.6) is 0 Å². The van der Waals surface area contributed by atoms with Crippen LogP contribution in [0, 0.1) is 0 Å². The number of nitrogens with zero attached hydrogens (tertiary/aromatic N) is 1. The molecule has 0 aromatic heterocycles. The first-order valence-electron chi connectivity index (χ1n) is 7.07. The minimum Gasteiger partial charge on any atom is -0.464 e. The molecule has 6 heteroatoms. The Kier molecular flexibility index (Phi) is 5.58. The first kappa shape index (κ1) is 16.2. The molecule has 0 radical (unpaired) electrons. The van der Waals surface area contributed by atoms with Crippen LogP contribution in [0.1, 0.15) is 31.7 Å². The summed E-state index contributed by atoms with van der Waals surface area (Å²) in [5, 5.41) is 0. The molecule has 0 saturated carbocycles. The van der Waals surface area contributed by atoms with E-state index in [1.165, 1.54) is 0 Å². The molecule has 1 saturated heterocycles. The van der Waals surface area contributed by atoms with E-state index in [-0.39, 0.29) is 12.0 Å². The van der Waals surface area contributed by atoms with Crippen molar-refractivity contribution in [3.8, 4) is 0 Å². The molecule has 1 aliphatic heterocycles. The highest BCUT2D eigenvalue weighted by molar-refractivity contribution is 9.10. The van der Waals surface area contributed by atoms with Crippen molar-refractivity contribution < 1.29 is 9.53 Å². The fraction of sp³-hybridized carbons (Fsp3) is 0.467. The van der Waals surface area contributed by atoms with Gasteiger partial charge in [-0.15, -0.1) is 0 Å². The van der Waals surface area contributed by atoms with Gasteiger partial charge in [-0.2, -0.15) is 0 Å². The Hall–Kier alpha value is -1.14. The number of hydrogen-bond acceptors (Lipinski definition) is 4. The summed E-state index contributed by atoms with van der Waals surface area (Å²) in [4.78, 5) is 14.6. The Morgan fingerprint density at radius 1 is 1.52 bits per heavy atom. The third kappa shape index (κ3) is 3.55. The fourth-order valence-corrected chi connectivity index (χ4v) is 3.61. The molecule has 1 unspecified atom stereocenters. The summed E-state index contributed by atoms with van der Waals surface area (Å²) in [6.07, 6.45) is 2.86. The smallest absolute Gasteiger partial charge is 0.328 e. The zero-order chi connectivity index (χ0) is 15.4. The molecule has 1 atom stereocenters. The highest BCUT2D eigenvalue weighted by atomic mass is 79.9. The Labute approximate surface area is 138 Å². The molecule has 1 aliphatic rings. The highest BCUT2D eigenvalue weighted by Gasteiger charge is 2.31. The minimum absolute atomic E-state index is 0.175. The third-order valence-electron chi connectivity index (χ3n) is 3.61. The summed E-state index contributed by atoms with van der Waals surface area (Å²) in [6.45, 7) is 3.02. The van der Waals surface area contributed by atoms with Gasteiger partial charge in [0.25, 0.3) is 0 Å². The molecule has 4 nitrogen and oxygen atoms in total. The molecule has 1 heterocycles. The van der Waals surface area contributed by atoms with E-state index in [1.54, 1.807) is 0 Å². The number of benzene rings is 1. The Balaban J connectivity index is 2.40.